The fourth-order valence-corrected chi connectivity index (χ4v) is 4.38. The quantitative estimate of drug-likeness (QED) is 0.424. The van der Waals surface area contributed by atoms with Crippen LogP contribution in [0.5, 0.6) is 0 Å². The number of aliphatic hydroxyl groups excluding tert-OH is 1. The van der Waals surface area contributed by atoms with Crippen LogP contribution in [0, 0.1) is 16.0 Å². The Morgan fingerprint density at radius 3 is 2.45 bits per heavy atom. The van der Waals surface area contributed by atoms with Crippen molar-refractivity contribution in [3.63, 3.8) is 0 Å². The van der Waals surface area contributed by atoms with E-state index in [1.807, 2.05) is 37.3 Å². The third kappa shape index (κ3) is 5.23. The number of nitrogens with zero attached hydrogens (tertiary/aromatic N) is 1. The van der Waals surface area contributed by atoms with Gasteiger partial charge < -0.3 is 0 Å². The van der Waals surface area contributed by atoms with E-state index in [4.69, 9.17) is 0 Å². The number of hydrogen-bond donors (Lipinski definition) is 1. The minimum absolute atomic E-state index is 0.0240. The van der Waals surface area contributed by atoms with Crippen LogP contribution in [0.25, 0.3) is 0 Å². The first-order valence-corrected chi connectivity index (χ1v) is 8.98. The van der Waals surface area contributed by atoms with Gasteiger partial charge in [-0.2, -0.15) is 0 Å². The Balaban J connectivity index is 2.76. The molecule has 20 heavy (non-hydrogen) atoms. The van der Waals surface area contributed by atoms with Gasteiger partial charge in [0.25, 0.3) is 0 Å². The van der Waals surface area contributed by atoms with Crippen LogP contribution in [0.2, 0.25) is 0 Å². The van der Waals surface area contributed by atoms with Crippen LogP contribution in [0.3, 0.4) is 0 Å². The zero-order valence-corrected chi connectivity index (χ0v) is 13.8. The number of hydrogen-bond acceptors (Lipinski definition) is 3. The SMILES string of the molecule is CCCCC(CC)C(O)C([Se]c1ccccc1)[N+](=O)[O-]. The fraction of sp³-hybridized carbons (Fsp3) is 0.600. The topological polar surface area (TPSA) is 63.4 Å². The molecule has 5 heteroatoms. The van der Waals surface area contributed by atoms with Gasteiger partial charge >= 0.3 is 126 Å². The first kappa shape index (κ1) is 17.2. The summed E-state index contributed by atoms with van der Waals surface area (Å²) < 4.78 is 0.964. The van der Waals surface area contributed by atoms with Gasteiger partial charge in [0.1, 0.15) is 0 Å². The Bertz CT molecular complexity index is 399. The van der Waals surface area contributed by atoms with E-state index in [9.17, 15) is 15.2 Å². The zero-order chi connectivity index (χ0) is 15.0. The predicted octanol–water partition coefficient (Wildman–Crippen LogP) is 2.20. The van der Waals surface area contributed by atoms with Gasteiger partial charge in [-0.3, -0.25) is 0 Å². The normalized spacial score (nSPS) is 15.6. The molecule has 0 bridgehead atoms. The summed E-state index contributed by atoms with van der Waals surface area (Å²) in [7, 11) is 0. The minimum atomic E-state index is -0.855. The molecular weight excluding hydrogens is 321 g/mol. The van der Waals surface area contributed by atoms with E-state index in [2.05, 4.69) is 6.92 Å². The van der Waals surface area contributed by atoms with Crippen molar-refractivity contribution in [3.05, 3.63) is 40.4 Å². The predicted molar refractivity (Wildman–Crippen MR) is 81.9 cm³/mol. The number of rotatable bonds is 9. The molecule has 0 heterocycles. The van der Waals surface area contributed by atoms with Crippen LogP contribution in [-0.2, 0) is 0 Å². The molecule has 112 valence electrons. The third-order valence-corrected chi connectivity index (χ3v) is 6.03. The van der Waals surface area contributed by atoms with Crippen molar-refractivity contribution in [2.45, 2.75) is 50.6 Å². The Kier molecular flexibility index (Phi) is 7.81. The number of nitro groups is 1. The summed E-state index contributed by atoms with van der Waals surface area (Å²) >= 11 is -0.343. The maximum absolute atomic E-state index is 11.3. The Morgan fingerprint density at radius 1 is 1.30 bits per heavy atom. The third-order valence-electron chi connectivity index (χ3n) is 3.44. The molecule has 0 saturated heterocycles. The molecule has 1 rings (SSSR count). The standard InChI is InChI=1S/C15H23NO3Se/c1-3-5-9-12(4-2)14(17)15(16(18)19)20-13-10-7-6-8-11-13/h6-8,10-12,14-15,17H,3-5,9H2,1-2H3. The fourth-order valence-electron chi connectivity index (χ4n) is 2.19. The molecule has 0 aliphatic carbocycles. The van der Waals surface area contributed by atoms with E-state index in [1.54, 1.807) is 0 Å². The van der Waals surface area contributed by atoms with Crippen LogP contribution in [0.4, 0.5) is 0 Å². The van der Waals surface area contributed by atoms with Crippen LogP contribution in [0.1, 0.15) is 39.5 Å². The molecule has 1 aromatic carbocycles. The Hall–Kier alpha value is -0.901. The van der Waals surface area contributed by atoms with Crippen LogP contribution >= 0.6 is 0 Å². The Morgan fingerprint density at radius 2 is 1.95 bits per heavy atom. The van der Waals surface area contributed by atoms with E-state index in [1.165, 1.54) is 0 Å². The molecule has 0 aromatic heterocycles. The molecule has 1 aromatic rings. The van der Waals surface area contributed by atoms with Gasteiger partial charge in [0.15, 0.2) is 0 Å². The van der Waals surface area contributed by atoms with Gasteiger partial charge in [0, 0.05) is 0 Å². The first-order valence-electron chi connectivity index (χ1n) is 7.13. The van der Waals surface area contributed by atoms with E-state index in [0.29, 0.717) is 0 Å². The summed E-state index contributed by atoms with van der Waals surface area (Å²) in [5.41, 5.74) is 0. The van der Waals surface area contributed by atoms with E-state index >= 15 is 0 Å². The number of benzene rings is 1. The van der Waals surface area contributed by atoms with Crippen molar-refractivity contribution in [2.75, 3.05) is 0 Å². The van der Waals surface area contributed by atoms with Crippen LogP contribution < -0.4 is 4.46 Å². The summed E-state index contributed by atoms with van der Waals surface area (Å²) in [5.74, 6) is 0.0240. The molecule has 0 radical (unpaired) electrons. The summed E-state index contributed by atoms with van der Waals surface area (Å²) in [6, 6.07) is 9.46. The molecule has 1 N–H and O–H groups in total. The van der Waals surface area contributed by atoms with Crippen LogP contribution in [-0.4, -0.2) is 36.0 Å². The second-order valence-electron chi connectivity index (χ2n) is 4.91. The van der Waals surface area contributed by atoms with Crippen LogP contribution in [0.15, 0.2) is 30.3 Å². The molecule has 0 aliphatic rings. The molecule has 3 atom stereocenters. The van der Waals surface area contributed by atoms with Crippen molar-refractivity contribution in [3.8, 4) is 0 Å². The van der Waals surface area contributed by atoms with Gasteiger partial charge in [-0.1, -0.05) is 0 Å². The summed E-state index contributed by atoms with van der Waals surface area (Å²) in [6.45, 7) is 4.09. The summed E-state index contributed by atoms with van der Waals surface area (Å²) in [5, 5.41) is 21.7. The van der Waals surface area contributed by atoms with E-state index < -0.39 is 11.0 Å². The van der Waals surface area contributed by atoms with Gasteiger partial charge in [-0.25, -0.2) is 0 Å². The molecular formula is C15H23NO3Se. The van der Waals surface area contributed by atoms with E-state index in [0.717, 1.165) is 30.1 Å². The molecule has 0 saturated carbocycles. The first-order chi connectivity index (χ1) is 9.60. The molecule has 0 fully saturated rings. The average molecular weight is 344 g/mol. The van der Waals surface area contributed by atoms with Gasteiger partial charge in [-0.15, -0.1) is 0 Å². The Labute approximate surface area is 126 Å². The maximum atomic E-state index is 11.3. The van der Waals surface area contributed by atoms with Crippen molar-refractivity contribution in [1.29, 1.82) is 0 Å². The summed E-state index contributed by atoms with van der Waals surface area (Å²) in [6.07, 6.45) is 2.87. The second kappa shape index (κ2) is 9.11. The van der Waals surface area contributed by atoms with Crippen molar-refractivity contribution in [1.82, 2.24) is 0 Å². The van der Waals surface area contributed by atoms with Gasteiger partial charge in [-0.05, 0) is 0 Å². The zero-order valence-electron chi connectivity index (χ0n) is 12.1. The molecule has 0 amide bonds. The van der Waals surface area contributed by atoms with Crippen molar-refractivity contribution in [2.24, 2.45) is 5.92 Å². The van der Waals surface area contributed by atoms with Gasteiger partial charge in [0.2, 0.25) is 0 Å². The molecule has 0 aliphatic heterocycles. The monoisotopic (exact) mass is 345 g/mol. The number of unbranched alkanes of at least 4 members (excludes halogenated alkanes) is 1. The second-order valence-corrected chi connectivity index (χ2v) is 7.40. The molecule has 4 nitrogen and oxygen atoms in total. The van der Waals surface area contributed by atoms with Gasteiger partial charge in [0.05, 0.1) is 0 Å². The number of aliphatic hydroxyl groups is 1. The van der Waals surface area contributed by atoms with Crippen molar-refractivity contribution < 1.29 is 10.0 Å². The average Bonchev–Trinajstić information content (AvgIpc) is 2.46. The van der Waals surface area contributed by atoms with Crippen molar-refractivity contribution >= 4 is 19.4 Å². The molecule has 3 unspecified atom stereocenters. The summed E-state index contributed by atoms with van der Waals surface area (Å²) in [4.78, 5) is 10.1. The van der Waals surface area contributed by atoms with E-state index in [-0.39, 0.29) is 25.8 Å². The molecule has 0 spiro atoms.